The number of rotatable bonds is 8. The van der Waals surface area contributed by atoms with Gasteiger partial charge in [0.2, 0.25) is 0 Å². The van der Waals surface area contributed by atoms with Crippen molar-refractivity contribution in [2.45, 2.75) is 33.4 Å². The van der Waals surface area contributed by atoms with Crippen molar-refractivity contribution >= 4 is 29.1 Å². The van der Waals surface area contributed by atoms with Crippen LogP contribution in [-0.4, -0.2) is 12.5 Å². The van der Waals surface area contributed by atoms with Gasteiger partial charge in [0.25, 0.3) is 5.91 Å². The molecule has 0 fully saturated rings. The van der Waals surface area contributed by atoms with Gasteiger partial charge in [0, 0.05) is 21.2 Å². The second kappa shape index (κ2) is 10.6. The molecule has 1 unspecified atom stereocenters. The van der Waals surface area contributed by atoms with Gasteiger partial charge in [0.05, 0.1) is 12.6 Å². The average molecular weight is 458 g/mol. The highest BCUT2D eigenvalue weighted by Gasteiger charge is 2.15. The molecule has 0 radical (unpaired) electrons. The predicted octanol–water partition coefficient (Wildman–Crippen LogP) is 6.77. The number of benzene rings is 3. The van der Waals surface area contributed by atoms with Gasteiger partial charge in [-0.15, -0.1) is 0 Å². The lowest BCUT2D eigenvalue weighted by atomic mass is 10.1. The summed E-state index contributed by atoms with van der Waals surface area (Å²) in [5.74, 6) is 1.22. The standard InChI is InChI=1S/C25H25Cl2NO3/c1-4-30-24-12-7-19(25(29)28-17(3)18-5-8-21(26)9-6-18)14-20(24)15-31-22-10-11-23(27)16(2)13-22/h5-14,17H,4,15H2,1-3H3,(H,28,29). The lowest BCUT2D eigenvalue weighted by Gasteiger charge is -2.16. The smallest absolute Gasteiger partial charge is 0.251 e. The molecule has 4 nitrogen and oxygen atoms in total. The molecule has 1 atom stereocenters. The fourth-order valence-electron chi connectivity index (χ4n) is 3.11. The maximum Gasteiger partial charge on any atom is 0.251 e. The van der Waals surface area contributed by atoms with Crippen LogP contribution in [-0.2, 0) is 6.61 Å². The quantitative estimate of drug-likeness (QED) is 0.405. The largest absolute Gasteiger partial charge is 0.493 e. The highest BCUT2D eigenvalue weighted by atomic mass is 35.5. The fourth-order valence-corrected chi connectivity index (χ4v) is 3.36. The molecule has 0 saturated carbocycles. The van der Waals surface area contributed by atoms with E-state index in [1.807, 2.05) is 57.2 Å². The van der Waals surface area contributed by atoms with Crippen LogP contribution in [0.15, 0.2) is 60.7 Å². The topological polar surface area (TPSA) is 47.6 Å². The minimum absolute atomic E-state index is 0.159. The second-order valence-corrected chi connectivity index (χ2v) is 8.05. The van der Waals surface area contributed by atoms with E-state index in [9.17, 15) is 4.79 Å². The van der Waals surface area contributed by atoms with Crippen LogP contribution in [0.4, 0.5) is 0 Å². The molecule has 1 N–H and O–H groups in total. The molecule has 162 valence electrons. The maximum atomic E-state index is 12.8. The lowest BCUT2D eigenvalue weighted by molar-refractivity contribution is 0.0939. The van der Waals surface area contributed by atoms with E-state index in [-0.39, 0.29) is 18.6 Å². The second-order valence-electron chi connectivity index (χ2n) is 7.20. The molecule has 0 aliphatic carbocycles. The summed E-state index contributed by atoms with van der Waals surface area (Å²) in [5, 5.41) is 4.37. The molecule has 0 heterocycles. The monoisotopic (exact) mass is 457 g/mol. The number of carbonyl (C=O) groups is 1. The van der Waals surface area contributed by atoms with E-state index >= 15 is 0 Å². The zero-order valence-corrected chi connectivity index (χ0v) is 19.3. The molecular weight excluding hydrogens is 433 g/mol. The van der Waals surface area contributed by atoms with E-state index in [1.165, 1.54) is 0 Å². The molecule has 3 rings (SSSR count). The van der Waals surface area contributed by atoms with Crippen molar-refractivity contribution < 1.29 is 14.3 Å². The van der Waals surface area contributed by atoms with Crippen molar-refractivity contribution in [3.8, 4) is 11.5 Å². The highest BCUT2D eigenvalue weighted by Crippen LogP contribution is 2.26. The van der Waals surface area contributed by atoms with Crippen molar-refractivity contribution in [3.05, 3.63) is 93.0 Å². The maximum absolute atomic E-state index is 12.8. The number of ether oxygens (including phenoxy) is 2. The van der Waals surface area contributed by atoms with Gasteiger partial charge >= 0.3 is 0 Å². The van der Waals surface area contributed by atoms with Crippen LogP contribution in [0.2, 0.25) is 10.0 Å². The number of aryl methyl sites for hydroxylation is 1. The van der Waals surface area contributed by atoms with Gasteiger partial charge in [-0.25, -0.2) is 0 Å². The average Bonchev–Trinajstić information content (AvgIpc) is 2.76. The Morgan fingerprint density at radius 3 is 2.42 bits per heavy atom. The molecule has 1 amide bonds. The van der Waals surface area contributed by atoms with Gasteiger partial charge in [-0.1, -0.05) is 35.3 Å². The molecule has 0 aromatic heterocycles. The normalized spacial score (nSPS) is 11.6. The van der Waals surface area contributed by atoms with E-state index in [2.05, 4.69) is 5.32 Å². The first-order chi connectivity index (χ1) is 14.9. The van der Waals surface area contributed by atoms with E-state index in [4.69, 9.17) is 32.7 Å². The van der Waals surface area contributed by atoms with Gasteiger partial charge in [-0.2, -0.15) is 0 Å². The first-order valence-corrected chi connectivity index (χ1v) is 10.8. The molecule has 0 aliphatic heterocycles. The minimum atomic E-state index is -0.172. The molecule has 0 aliphatic rings. The van der Waals surface area contributed by atoms with Gasteiger partial charge in [0.15, 0.2) is 0 Å². The molecule has 6 heteroatoms. The first-order valence-electron chi connectivity index (χ1n) is 10.1. The van der Waals surface area contributed by atoms with E-state index in [1.54, 1.807) is 24.3 Å². The molecule has 3 aromatic rings. The summed E-state index contributed by atoms with van der Waals surface area (Å²) in [6, 6.07) is 18.1. The van der Waals surface area contributed by atoms with Gasteiger partial charge in [-0.05, 0) is 80.4 Å². The summed E-state index contributed by atoms with van der Waals surface area (Å²) in [6.45, 7) is 6.56. The minimum Gasteiger partial charge on any atom is -0.493 e. The van der Waals surface area contributed by atoms with Gasteiger partial charge in [0.1, 0.15) is 18.1 Å². The Labute approximate surface area is 193 Å². The zero-order valence-electron chi connectivity index (χ0n) is 17.7. The molecule has 0 saturated heterocycles. The lowest BCUT2D eigenvalue weighted by Crippen LogP contribution is -2.26. The number of carbonyl (C=O) groups excluding carboxylic acids is 1. The third kappa shape index (κ3) is 6.16. The Hall–Kier alpha value is -2.69. The van der Waals surface area contributed by atoms with Crippen LogP contribution in [0.3, 0.4) is 0 Å². The Balaban J connectivity index is 1.75. The van der Waals surface area contributed by atoms with Crippen LogP contribution in [0.5, 0.6) is 11.5 Å². The molecule has 0 bridgehead atoms. The van der Waals surface area contributed by atoms with Gasteiger partial charge in [-0.3, -0.25) is 4.79 Å². The third-order valence-electron chi connectivity index (χ3n) is 4.86. The summed E-state index contributed by atoms with van der Waals surface area (Å²) < 4.78 is 11.6. The van der Waals surface area contributed by atoms with Crippen LogP contribution in [0, 0.1) is 6.92 Å². The summed E-state index contributed by atoms with van der Waals surface area (Å²) in [4.78, 5) is 12.8. The zero-order chi connectivity index (χ0) is 22.4. The SMILES string of the molecule is CCOc1ccc(C(=O)NC(C)c2ccc(Cl)cc2)cc1COc1ccc(Cl)c(C)c1. The van der Waals surface area contributed by atoms with Crippen LogP contribution < -0.4 is 14.8 Å². The highest BCUT2D eigenvalue weighted by molar-refractivity contribution is 6.31. The summed E-state index contributed by atoms with van der Waals surface area (Å²) >= 11 is 12.0. The van der Waals surface area contributed by atoms with Crippen molar-refractivity contribution in [2.24, 2.45) is 0 Å². The molecular formula is C25H25Cl2NO3. The summed E-state index contributed by atoms with van der Waals surface area (Å²) in [7, 11) is 0. The van der Waals surface area contributed by atoms with Gasteiger partial charge < -0.3 is 14.8 Å². The van der Waals surface area contributed by atoms with Crippen LogP contribution >= 0.6 is 23.2 Å². The Kier molecular flexibility index (Phi) is 7.83. The molecule has 31 heavy (non-hydrogen) atoms. The fraction of sp³-hybridized carbons (Fsp3) is 0.240. The predicted molar refractivity (Wildman–Crippen MR) is 125 cm³/mol. The number of hydrogen-bond donors (Lipinski definition) is 1. The number of nitrogens with one attached hydrogen (secondary N) is 1. The van der Waals surface area contributed by atoms with Crippen LogP contribution in [0.25, 0.3) is 0 Å². The Bertz CT molecular complexity index is 1050. The van der Waals surface area contributed by atoms with Crippen molar-refractivity contribution in [1.82, 2.24) is 5.32 Å². The summed E-state index contributed by atoms with van der Waals surface area (Å²) in [5.41, 5.74) is 3.25. The third-order valence-corrected chi connectivity index (χ3v) is 5.54. The first kappa shape index (κ1) is 23.0. The Morgan fingerprint density at radius 1 is 1.00 bits per heavy atom. The number of hydrogen-bond acceptors (Lipinski definition) is 3. The molecule has 3 aromatic carbocycles. The van der Waals surface area contributed by atoms with Crippen molar-refractivity contribution in [1.29, 1.82) is 0 Å². The number of halogens is 2. The van der Waals surface area contributed by atoms with E-state index in [0.29, 0.717) is 33.7 Å². The van der Waals surface area contributed by atoms with Crippen molar-refractivity contribution in [2.75, 3.05) is 6.61 Å². The Morgan fingerprint density at radius 2 is 1.74 bits per heavy atom. The van der Waals surface area contributed by atoms with Crippen LogP contribution in [0.1, 0.15) is 46.9 Å². The molecule has 0 spiro atoms. The number of amides is 1. The van der Waals surface area contributed by atoms with E-state index in [0.717, 1.165) is 16.7 Å². The van der Waals surface area contributed by atoms with E-state index < -0.39 is 0 Å². The summed E-state index contributed by atoms with van der Waals surface area (Å²) in [6.07, 6.45) is 0. The van der Waals surface area contributed by atoms with Crippen molar-refractivity contribution in [3.63, 3.8) is 0 Å².